The zero-order valence-electron chi connectivity index (χ0n) is 16.1. The van der Waals surface area contributed by atoms with Gasteiger partial charge in [-0.1, -0.05) is 42.5 Å². The molecule has 2 atom stereocenters. The average molecular weight is 399 g/mol. The first-order valence-electron chi connectivity index (χ1n) is 9.20. The number of carbonyl (C=O) groups excluding carboxylic acids is 3. The molecule has 0 saturated heterocycles. The molecule has 0 radical (unpaired) electrons. The molecular formula is C21H22FN3O4. The number of nitrogens with zero attached hydrogens (tertiary/aromatic N) is 1. The summed E-state index contributed by atoms with van der Waals surface area (Å²) < 4.78 is 17.1. The van der Waals surface area contributed by atoms with E-state index >= 15 is 0 Å². The molecule has 0 saturated carbocycles. The Balaban J connectivity index is 1.87. The molecule has 152 valence electrons. The number of anilines is 1. The van der Waals surface area contributed by atoms with Gasteiger partial charge in [-0.25, -0.2) is 9.18 Å². The van der Waals surface area contributed by atoms with Crippen LogP contribution in [0.1, 0.15) is 18.5 Å². The largest absolute Gasteiger partial charge is 0.436 e. The van der Waals surface area contributed by atoms with Crippen molar-refractivity contribution < 1.29 is 23.5 Å². The van der Waals surface area contributed by atoms with E-state index in [1.165, 1.54) is 11.8 Å². The second-order valence-corrected chi connectivity index (χ2v) is 6.61. The van der Waals surface area contributed by atoms with Crippen LogP contribution >= 0.6 is 0 Å². The van der Waals surface area contributed by atoms with Gasteiger partial charge < -0.3 is 20.3 Å². The SMILES string of the molecule is C[C@H](OC(=O)NCCF)C(=O)NC1C(=O)N(C)c2ccccc2-c2ccccc21. The summed E-state index contributed by atoms with van der Waals surface area (Å²) in [6.45, 7) is 0.441. The molecule has 0 aliphatic carbocycles. The van der Waals surface area contributed by atoms with Crippen molar-refractivity contribution in [2.24, 2.45) is 0 Å². The molecule has 8 heteroatoms. The van der Waals surface area contributed by atoms with Crippen LogP contribution in [-0.2, 0) is 14.3 Å². The fourth-order valence-electron chi connectivity index (χ4n) is 3.24. The molecule has 2 N–H and O–H groups in total. The van der Waals surface area contributed by atoms with Gasteiger partial charge in [-0.15, -0.1) is 0 Å². The van der Waals surface area contributed by atoms with Crippen molar-refractivity contribution in [3.63, 3.8) is 0 Å². The third-order valence-electron chi connectivity index (χ3n) is 4.71. The van der Waals surface area contributed by atoms with Crippen LogP contribution in [0.3, 0.4) is 0 Å². The molecule has 3 rings (SSSR count). The smallest absolute Gasteiger partial charge is 0.407 e. The first-order valence-corrected chi connectivity index (χ1v) is 9.20. The maximum absolute atomic E-state index is 13.1. The summed E-state index contributed by atoms with van der Waals surface area (Å²) in [5.74, 6) is -0.947. The lowest BCUT2D eigenvalue weighted by atomic mass is 9.95. The molecule has 1 aliphatic heterocycles. The molecule has 1 heterocycles. The number of amides is 3. The third-order valence-corrected chi connectivity index (χ3v) is 4.71. The van der Waals surface area contributed by atoms with Crippen molar-refractivity contribution in [2.75, 3.05) is 25.2 Å². The summed E-state index contributed by atoms with van der Waals surface area (Å²) >= 11 is 0. The molecule has 1 unspecified atom stereocenters. The fourth-order valence-corrected chi connectivity index (χ4v) is 3.24. The highest BCUT2D eigenvalue weighted by Gasteiger charge is 2.34. The number of alkyl carbamates (subject to hydrolysis) is 1. The predicted octanol–water partition coefficient (Wildman–Crippen LogP) is 2.57. The molecule has 0 spiro atoms. The van der Waals surface area contributed by atoms with E-state index in [-0.39, 0.29) is 12.5 Å². The van der Waals surface area contributed by atoms with Crippen molar-refractivity contribution >= 4 is 23.6 Å². The first-order chi connectivity index (χ1) is 13.9. The van der Waals surface area contributed by atoms with Crippen molar-refractivity contribution in [1.82, 2.24) is 10.6 Å². The Morgan fingerprint density at radius 1 is 1.14 bits per heavy atom. The molecule has 29 heavy (non-hydrogen) atoms. The fraction of sp³-hybridized carbons (Fsp3) is 0.286. The molecule has 0 aromatic heterocycles. The zero-order chi connectivity index (χ0) is 21.0. The number of fused-ring (bicyclic) bond motifs is 3. The summed E-state index contributed by atoms with van der Waals surface area (Å²) in [6, 6.07) is 13.9. The van der Waals surface area contributed by atoms with Gasteiger partial charge in [0, 0.05) is 19.2 Å². The predicted molar refractivity (Wildman–Crippen MR) is 106 cm³/mol. The van der Waals surface area contributed by atoms with Gasteiger partial charge in [-0.3, -0.25) is 9.59 Å². The maximum Gasteiger partial charge on any atom is 0.407 e. The van der Waals surface area contributed by atoms with Gasteiger partial charge in [-0.05, 0) is 24.1 Å². The molecular weight excluding hydrogens is 377 g/mol. The quantitative estimate of drug-likeness (QED) is 0.809. The van der Waals surface area contributed by atoms with Crippen LogP contribution in [0.2, 0.25) is 0 Å². The highest BCUT2D eigenvalue weighted by molar-refractivity contribution is 6.06. The molecule has 3 amide bonds. The molecule has 7 nitrogen and oxygen atoms in total. The second kappa shape index (κ2) is 8.72. The van der Waals surface area contributed by atoms with Crippen LogP contribution in [0, 0.1) is 0 Å². The lowest BCUT2D eigenvalue weighted by Crippen LogP contribution is -2.45. The number of carbonyl (C=O) groups is 3. The van der Waals surface area contributed by atoms with Crippen molar-refractivity contribution in [2.45, 2.75) is 19.1 Å². The maximum atomic E-state index is 13.1. The minimum absolute atomic E-state index is 0.204. The Labute approximate surface area is 167 Å². The van der Waals surface area contributed by atoms with E-state index in [4.69, 9.17) is 4.74 Å². The Morgan fingerprint density at radius 3 is 2.52 bits per heavy atom. The number of halogens is 1. The van der Waals surface area contributed by atoms with E-state index in [1.807, 2.05) is 36.4 Å². The van der Waals surface area contributed by atoms with Gasteiger partial charge in [0.25, 0.3) is 11.8 Å². The Morgan fingerprint density at radius 2 is 1.79 bits per heavy atom. The second-order valence-electron chi connectivity index (χ2n) is 6.61. The van der Waals surface area contributed by atoms with E-state index in [1.54, 1.807) is 19.2 Å². The number of rotatable bonds is 5. The van der Waals surface area contributed by atoms with E-state index in [9.17, 15) is 18.8 Å². The summed E-state index contributed by atoms with van der Waals surface area (Å²) in [7, 11) is 1.65. The van der Waals surface area contributed by atoms with Crippen LogP contribution in [-0.4, -0.2) is 44.3 Å². The first kappa shape index (κ1) is 20.3. The number of hydrogen-bond acceptors (Lipinski definition) is 4. The highest BCUT2D eigenvalue weighted by Crippen LogP contribution is 2.39. The Hall–Kier alpha value is -3.42. The number of hydrogen-bond donors (Lipinski definition) is 2. The summed E-state index contributed by atoms with van der Waals surface area (Å²) in [4.78, 5) is 38.8. The molecule has 2 aromatic carbocycles. The van der Waals surface area contributed by atoms with Gasteiger partial charge in [0.2, 0.25) is 0 Å². The minimum Gasteiger partial charge on any atom is -0.436 e. The van der Waals surface area contributed by atoms with Crippen LogP contribution in [0.15, 0.2) is 48.5 Å². The molecule has 0 bridgehead atoms. The van der Waals surface area contributed by atoms with Crippen LogP contribution in [0.25, 0.3) is 11.1 Å². The standard InChI is InChI=1S/C21H22FN3O4/c1-13(29-21(28)23-12-11-22)19(26)24-18-16-9-4-3-7-14(16)15-8-5-6-10-17(15)25(2)20(18)27/h3-10,13,18H,11-12H2,1-2H3,(H,23,28)(H,24,26)/t13-,18?/m0/s1. The number of likely N-dealkylation sites (N-methyl/N-ethyl adjacent to an activating group) is 1. The van der Waals surface area contributed by atoms with Crippen molar-refractivity contribution in [1.29, 1.82) is 0 Å². The van der Waals surface area contributed by atoms with Gasteiger partial charge in [0.05, 0.1) is 5.69 Å². The monoisotopic (exact) mass is 399 g/mol. The van der Waals surface area contributed by atoms with E-state index in [0.29, 0.717) is 5.56 Å². The minimum atomic E-state index is -1.16. The summed E-state index contributed by atoms with van der Waals surface area (Å²) in [5, 5.41) is 4.87. The molecule has 0 fully saturated rings. The van der Waals surface area contributed by atoms with Gasteiger partial charge in [-0.2, -0.15) is 0 Å². The lowest BCUT2D eigenvalue weighted by molar-refractivity contribution is -0.132. The Bertz CT molecular complexity index is 934. The van der Waals surface area contributed by atoms with E-state index < -0.39 is 30.8 Å². The average Bonchev–Trinajstić information content (AvgIpc) is 2.82. The Kier molecular flexibility index (Phi) is 6.11. The number of benzene rings is 2. The molecule has 2 aromatic rings. The van der Waals surface area contributed by atoms with Crippen LogP contribution < -0.4 is 15.5 Å². The van der Waals surface area contributed by atoms with Crippen molar-refractivity contribution in [3.8, 4) is 11.1 Å². The van der Waals surface area contributed by atoms with Gasteiger partial charge in [0.15, 0.2) is 6.10 Å². The van der Waals surface area contributed by atoms with E-state index in [2.05, 4.69) is 10.6 Å². The van der Waals surface area contributed by atoms with Gasteiger partial charge >= 0.3 is 6.09 Å². The summed E-state index contributed by atoms with van der Waals surface area (Å²) in [6.07, 6.45) is -2.06. The van der Waals surface area contributed by atoms with Crippen molar-refractivity contribution in [3.05, 3.63) is 54.1 Å². The lowest BCUT2D eigenvalue weighted by Gasteiger charge is -2.24. The third kappa shape index (κ3) is 4.21. The van der Waals surface area contributed by atoms with Gasteiger partial charge in [0.1, 0.15) is 12.7 Å². The molecule has 1 aliphatic rings. The van der Waals surface area contributed by atoms with Crippen LogP contribution in [0.5, 0.6) is 0 Å². The number of ether oxygens (including phenoxy) is 1. The van der Waals surface area contributed by atoms with E-state index in [0.717, 1.165) is 16.8 Å². The van der Waals surface area contributed by atoms with Crippen LogP contribution in [0.4, 0.5) is 14.9 Å². The number of para-hydroxylation sites is 1. The summed E-state index contributed by atoms with van der Waals surface area (Å²) in [5.41, 5.74) is 3.10. The normalized spacial score (nSPS) is 16.2. The topological polar surface area (TPSA) is 87.7 Å². The highest BCUT2D eigenvalue weighted by atomic mass is 19.1. The zero-order valence-corrected chi connectivity index (χ0v) is 16.1. The number of alkyl halides is 1. The number of nitrogens with one attached hydrogen (secondary N) is 2.